The van der Waals surface area contributed by atoms with E-state index in [0.29, 0.717) is 30.8 Å². The lowest BCUT2D eigenvalue weighted by molar-refractivity contribution is -0.184. The molecule has 3 fully saturated rings. The summed E-state index contributed by atoms with van der Waals surface area (Å²) in [6.45, 7) is 5.28. The van der Waals surface area contributed by atoms with Crippen LogP contribution in [0.5, 0.6) is 11.5 Å². The zero-order chi connectivity index (χ0) is 24.0. The first-order chi connectivity index (χ1) is 15.5. The Morgan fingerprint density at radius 3 is 2.50 bits per heavy atom. The maximum absolute atomic E-state index is 13.7. The number of carbonyl (C=O) groups excluding carboxylic acids is 3. The predicted octanol–water partition coefficient (Wildman–Crippen LogP) is 1.78. The minimum atomic E-state index is -1.43. The first-order valence-corrected chi connectivity index (χ1v) is 11.2. The Bertz CT molecular complexity index is 1080. The van der Waals surface area contributed by atoms with Crippen LogP contribution in [0.1, 0.15) is 63.7 Å². The highest BCUT2D eigenvalue weighted by atomic mass is 16.6. The van der Waals surface area contributed by atoms with Gasteiger partial charge < -0.3 is 34.6 Å². The molecule has 2 aliphatic carbocycles. The van der Waals surface area contributed by atoms with E-state index >= 15 is 0 Å². The highest BCUT2D eigenvalue weighted by molar-refractivity contribution is 5.96. The lowest BCUT2D eigenvalue weighted by Crippen LogP contribution is -2.78. The predicted molar refractivity (Wildman–Crippen MR) is 120 cm³/mol. The van der Waals surface area contributed by atoms with Gasteiger partial charge in [-0.15, -0.1) is 0 Å². The molecule has 3 N–H and O–H groups in total. The fourth-order valence-corrected chi connectivity index (χ4v) is 6.96. The summed E-state index contributed by atoms with van der Waals surface area (Å²) in [5.41, 5.74) is -2.29. The van der Waals surface area contributed by atoms with Gasteiger partial charge in [-0.1, -0.05) is 6.07 Å². The van der Waals surface area contributed by atoms with Crippen LogP contribution < -0.4 is 14.8 Å². The SMILES string of the molecule is COc1ccc2c(c1OC)[C@@]13CC[C@@]4(NC(=O)OC(C)(C)C)C(=O)O[C@@H]2C[C@@]14N(C)C(=O)C3.O. The molecule has 2 amide bonds. The molecule has 34 heavy (non-hydrogen) atoms. The molecule has 4 atom stereocenters. The van der Waals surface area contributed by atoms with Crippen molar-refractivity contribution in [2.24, 2.45) is 0 Å². The Labute approximate surface area is 198 Å². The number of nitrogens with one attached hydrogen (secondary N) is 1. The van der Waals surface area contributed by atoms with Gasteiger partial charge in [-0.3, -0.25) is 4.79 Å². The van der Waals surface area contributed by atoms with E-state index in [9.17, 15) is 14.4 Å². The summed E-state index contributed by atoms with van der Waals surface area (Å²) in [7, 11) is 4.85. The van der Waals surface area contributed by atoms with Crippen LogP contribution in [-0.2, 0) is 24.5 Å². The molecule has 186 valence electrons. The van der Waals surface area contributed by atoms with Gasteiger partial charge in [0.2, 0.25) is 5.91 Å². The third-order valence-corrected chi connectivity index (χ3v) is 8.02. The van der Waals surface area contributed by atoms with Crippen molar-refractivity contribution in [3.63, 3.8) is 0 Å². The number of fused-ring (bicyclic) bond motifs is 3. The van der Waals surface area contributed by atoms with Crippen LogP contribution in [0, 0.1) is 0 Å². The highest BCUT2D eigenvalue weighted by Crippen LogP contribution is 2.72. The number of methoxy groups -OCH3 is 2. The van der Waals surface area contributed by atoms with Crippen molar-refractivity contribution in [1.82, 2.24) is 10.2 Å². The second-order valence-corrected chi connectivity index (χ2v) is 10.5. The van der Waals surface area contributed by atoms with E-state index in [0.717, 1.165) is 11.1 Å². The molecule has 0 aromatic heterocycles. The molecule has 1 aromatic carbocycles. The number of rotatable bonds is 3. The van der Waals surface area contributed by atoms with Gasteiger partial charge in [0.1, 0.15) is 11.7 Å². The molecule has 1 spiro atoms. The zero-order valence-electron chi connectivity index (χ0n) is 20.4. The number of hydrogen-bond donors (Lipinski definition) is 1. The molecule has 1 aromatic rings. The van der Waals surface area contributed by atoms with Crippen molar-refractivity contribution in [2.75, 3.05) is 21.3 Å². The van der Waals surface area contributed by atoms with E-state index in [1.54, 1.807) is 53.0 Å². The van der Waals surface area contributed by atoms with Crippen LogP contribution in [0.25, 0.3) is 0 Å². The minimum Gasteiger partial charge on any atom is -0.493 e. The van der Waals surface area contributed by atoms with E-state index in [4.69, 9.17) is 18.9 Å². The fraction of sp³-hybridized carbons (Fsp3) is 0.625. The average molecular weight is 477 g/mol. The first kappa shape index (κ1) is 24.1. The molecule has 0 unspecified atom stereocenters. The fourth-order valence-electron chi connectivity index (χ4n) is 6.96. The van der Waals surface area contributed by atoms with Gasteiger partial charge in [-0.05, 0) is 39.7 Å². The topological polar surface area (TPSA) is 135 Å². The molecule has 4 aliphatic rings. The molecule has 1 saturated carbocycles. The Morgan fingerprint density at radius 2 is 1.88 bits per heavy atom. The first-order valence-electron chi connectivity index (χ1n) is 11.2. The number of likely N-dealkylation sites (N-methyl/N-ethyl adjacent to an activating group) is 1. The molecule has 2 bridgehead atoms. The second kappa shape index (κ2) is 7.24. The summed E-state index contributed by atoms with van der Waals surface area (Å²) in [5, 5.41) is 2.89. The summed E-state index contributed by atoms with van der Waals surface area (Å²) in [6, 6.07) is 3.69. The molecule has 2 aliphatic heterocycles. The summed E-state index contributed by atoms with van der Waals surface area (Å²) >= 11 is 0. The van der Waals surface area contributed by atoms with E-state index in [2.05, 4.69) is 5.32 Å². The van der Waals surface area contributed by atoms with Gasteiger partial charge in [0, 0.05) is 36.4 Å². The van der Waals surface area contributed by atoms with Crippen LogP contribution in [0.2, 0.25) is 0 Å². The lowest BCUT2D eigenvalue weighted by atomic mass is 9.54. The summed E-state index contributed by atoms with van der Waals surface area (Å²) in [5.74, 6) is 0.467. The molecular weight excluding hydrogens is 444 g/mol. The molecule has 10 heteroatoms. The van der Waals surface area contributed by atoms with Crippen molar-refractivity contribution < 1.29 is 38.8 Å². The van der Waals surface area contributed by atoms with Gasteiger partial charge >= 0.3 is 12.1 Å². The monoisotopic (exact) mass is 476 g/mol. The van der Waals surface area contributed by atoms with Crippen LogP contribution in [-0.4, -0.2) is 66.3 Å². The smallest absolute Gasteiger partial charge is 0.408 e. The highest BCUT2D eigenvalue weighted by Gasteiger charge is 2.82. The number of carbonyl (C=O) groups is 3. The number of amides is 2. The largest absolute Gasteiger partial charge is 0.493 e. The number of alkyl carbamates (subject to hydrolysis) is 1. The van der Waals surface area contributed by atoms with Gasteiger partial charge in [-0.2, -0.15) is 0 Å². The maximum Gasteiger partial charge on any atom is 0.408 e. The van der Waals surface area contributed by atoms with Crippen molar-refractivity contribution in [3.8, 4) is 11.5 Å². The maximum atomic E-state index is 13.7. The normalized spacial score (nSPS) is 32.8. The molecular formula is C24H32N2O8. The van der Waals surface area contributed by atoms with Crippen LogP contribution in [0.4, 0.5) is 4.79 Å². The summed E-state index contributed by atoms with van der Waals surface area (Å²) in [6.07, 6.45) is 0.128. The van der Waals surface area contributed by atoms with Crippen molar-refractivity contribution in [3.05, 3.63) is 23.3 Å². The van der Waals surface area contributed by atoms with Gasteiger partial charge in [0.15, 0.2) is 17.0 Å². The summed E-state index contributed by atoms with van der Waals surface area (Å²) < 4.78 is 22.9. The molecule has 5 rings (SSSR count). The second-order valence-electron chi connectivity index (χ2n) is 10.5. The Hall–Kier alpha value is -3.01. The number of likely N-dealkylation sites (tertiary alicyclic amines) is 1. The summed E-state index contributed by atoms with van der Waals surface area (Å²) in [4.78, 5) is 41.6. The van der Waals surface area contributed by atoms with E-state index in [1.165, 1.54) is 0 Å². The van der Waals surface area contributed by atoms with Gasteiger partial charge in [0.25, 0.3) is 0 Å². The molecule has 2 heterocycles. The Morgan fingerprint density at radius 1 is 1.18 bits per heavy atom. The molecule has 2 saturated heterocycles. The minimum absolute atomic E-state index is 0. The van der Waals surface area contributed by atoms with Crippen molar-refractivity contribution >= 4 is 18.0 Å². The van der Waals surface area contributed by atoms with Crippen LogP contribution in [0.15, 0.2) is 12.1 Å². The third-order valence-electron chi connectivity index (χ3n) is 8.02. The zero-order valence-corrected chi connectivity index (χ0v) is 20.4. The standard InChI is InChI=1S/C24H30N2O7.H2O/c1-21(2,3)33-20(29)25-23-10-9-22-12-16(27)26(4)24(22,23)11-15(32-19(23)28)13-7-8-14(30-5)18(31-6)17(13)22;/h7-8,15H,9-12H2,1-6H3,(H,25,29);1H2/t15-,22+,23-,24-;/m1./s1. The van der Waals surface area contributed by atoms with Crippen molar-refractivity contribution in [2.45, 2.75) is 74.7 Å². The van der Waals surface area contributed by atoms with E-state index in [-0.39, 0.29) is 17.8 Å². The van der Waals surface area contributed by atoms with Gasteiger partial charge in [0.05, 0.1) is 19.8 Å². The third kappa shape index (κ3) is 2.63. The number of ether oxygens (including phenoxy) is 4. The number of nitrogens with zero attached hydrogens (tertiary/aromatic N) is 1. The van der Waals surface area contributed by atoms with Gasteiger partial charge in [-0.25, -0.2) is 9.59 Å². The quantitative estimate of drug-likeness (QED) is 0.657. The van der Waals surface area contributed by atoms with E-state index in [1.807, 2.05) is 6.07 Å². The van der Waals surface area contributed by atoms with Crippen LogP contribution in [0.3, 0.4) is 0 Å². The number of hydrogen-bond acceptors (Lipinski definition) is 7. The van der Waals surface area contributed by atoms with Crippen molar-refractivity contribution in [1.29, 1.82) is 0 Å². The number of benzene rings is 1. The lowest BCUT2D eigenvalue weighted by Gasteiger charge is -2.59. The molecule has 10 nitrogen and oxygen atoms in total. The Kier molecular flexibility index (Phi) is 5.14. The van der Waals surface area contributed by atoms with Crippen LogP contribution >= 0.6 is 0 Å². The molecule has 0 radical (unpaired) electrons. The van der Waals surface area contributed by atoms with E-state index < -0.39 is 40.3 Å². The Balaban J connectivity index is 0.00000274. The number of esters is 1. The average Bonchev–Trinajstić information content (AvgIpc) is 3.15.